The van der Waals surface area contributed by atoms with E-state index in [1.807, 2.05) is 6.92 Å². The molecule has 2 rings (SSSR count). The summed E-state index contributed by atoms with van der Waals surface area (Å²) < 4.78 is 4.76. The summed E-state index contributed by atoms with van der Waals surface area (Å²) in [5.74, 6) is -0.349. The molecule has 2 heterocycles. The Balaban J connectivity index is 2.06. The second kappa shape index (κ2) is 5.69. The number of carbonyl (C=O) groups is 1. The maximum atomic E-state index is 11.6. The van der Waals surface area contributed by atoms with E-state index in [0.29, 0.717) is 5.69 Å². The number of rotatable bonds is 2. The van der Waals surface area contributed by atoms with Crippen molar-refractivity contribution < 1.29 is 9.53 Å². The van der Waals surface area contributed by atoms with Crippen molar-refractivity contribution in [2.24, 2.45) is 0 Å². The van der Waals surface area contributed by atoms with E-state index in [4.69, 9.17) is 4.74 Å². The van der Waals surface area contributed by atoms with E-state index < -0.39 is 0 Å². The number of methoxy groups -OCH3 is 1. The van der Waals surface area contributed by atoms with E-state index in [1.165, 1.54) is 7.11 Å². The molecule has 0 bridgehead atoms. The first kappa shape index (κ1) is 15.3. The molecule has 0 saturated carbocycles. The van der Waals surface area contributed by atoms with Gasteiger partial charge in [0.15, 0.2) is 10.8 Å². The first-order valence-electron chi connectivity index (χ1n) is 6.88. The van der Waals surface area contributed by atoms with Crippen molar-refractivity contribution in [2.45, 2.75) is 33.2 Å². The number of esters is 1. The van der Waals surface area contributed by atoms with Crippen LogP contribution >= 0.6 is 11.3 Å². The molecule has 0 aliphatic carbocycles. The molecule has 6 heteroatoms. The van der Waals surface area contributed by atoms with E-state index in [2.05, 4.69) is 35.6 Å². The van der Waals surface area contributed by atoms with Gasteiger partial charge in [-0.2, -0.15) is 0 Å². The highest BCUT2D eigenvalue weighted by Gasteiger charge is 2.27. The van der Waals surface area contributed by atoms with Gasteiger partial charge in [-0.25, -0.2) is 9.78 Å². The van der Waals surface area contributed by atoms with Crippen molar-refractivity contribution in [3.05, 3.63) is 10.6 Å². The van der Waals surface area contributed by atoms with E-state index in [9.17, 15) is 4.79 Å². The third-order valence-corrected chi connectivity index (χ3v) is 4.69. The zero-order valence-corrected chi connectivity index (χ0v) is 13.7. The molecule has 0 unspecified atom stereocenters. The van der Waals surface area contributed by atoms with Gasteiger partial charge in [-0.1, -0.05) is 0 Å². The van der Waals surface area contributed by atoms with Crippen LogP contribution in [-0.2, 0) is 4.74 Å². The van der Waals surface area contributed by atoms with Gasteiger partial charge in [0.1, 0.15) is 0 Å². The van der Waals surface area contributed by atoms with Gasteiger partial charge < -0.3 is 9.64 Å². The smallest absolute Gasteiger partial charge is 0.357 e. The number of carbonyl (C=O) groups excluding carboxylic acids is 1. The van der Waals surface area contributed by atoms with Crippen LogP contribution < -0.4 is 4.90 Å². The molecule has 1 aromatic rings. The highest BCUT2D eigenvalue weighted by atomic mass is 32.1. The number of ether oxygens (including phenoxy) is 1. The average Bonchev–Trinajstić information content (AvgIpc) is 2.79. The molecule has 0 N–H and O–H groups in total. The predicted molar refractivity (Wildman–Crippen MR) is 81.7 cm³/mol. The fourth-order valence-electron chi connectivity index (χ4n) is 2.37. The summed E-state index contributed by atoms with van der Waals surface area (Å²) in [5.41, 5.74) is 0.660. The number of piperazine rings is 1. The van der Waals surface area contributed by atoms with Crippen LogP contribution in [0.4, 0.5) is 5.13 Å². The summed E-state index contributed by atoms with van der Waals surface area (Å²) in [4.78, 5) is 21.7. The van der Waals surface area contributed by atoms with Crippen LogP contribution in [0.5, 0.6) is 0 Å². The third kappa shape index (κ3) is 3.12. The van der Waals surface area contributed by atoms with Gasteiger partial charge >= 0.3 is 5.97 Å². The summed E-state index contributed by atoms with van der Waals surface area (Å²) in [6.45, 7) is 12.6. The minimum atomic E-state index is -0.349. The van der Waals surface area contributed by atoms with Gasteiger partial charge in [-0.3, -0.25) is 4.90 Å². The van der Waals surface area contributed by atoms with Gasteiger partial charge in [-0.05, 0) is 27.7 Å². The number of anilines is 1. The lowest BCUT2D eigenvalue weighted by molar-refractivity contribution is 0.0594. The first-order valence-corrected chi connectivity index (χ1v) is 7.70. The number of thiazole rings is 1. The van der Waals surface area contributed by atoms with Crippen molar-refractivity contribution in [3.8, 4) is 0 Å². The highest BCUT2D eigenvalue weighted by Crippen LogP contribution is 2.28. The van der Waals surface area contributed by atoms with E-state index in [-0.39, 0.29) is 11.5 Å². The molecule has 0 atom stereocenters. The fraction of sp³-hybridized carbons (Fsp3) is 0.714. The molecule has 20 heavy (non-hydrogen) atoms. The SMILES string of the molecule is COC(=O)c1nc(N2CCN(C(C)(C)C)CC2)sc1C. The number of nitrogens with zero attached hydrogens (tertiary/aromatic N) is 3. The topological polar surface area (TPSA) is 45.7 Å². The summed E-state index contributed by atoms with van der Waals surface area (Å²) in [6.07, 6.45) is 0. The maximum Gasteiger partial charge on any atom is 0.357 e. The number of hydrogen-bond donors (Lipinski definition) is 0. The average molecular weight is 297 g/mol. The van der Waals surface area contributed by atoms with Gasteiger partial charge in [0.25, 0.3) is 0 Å². The maximum absolute atomic E-state index is 11.6. The predicted octanol–water partition coefficient (Wildman–Crippen LogP) is 2.16. The molecule has 1 aromatic heterocycles. The van der Waals surface area contributed by atoms with Gasteiger partial charge in [-0.15, -0.1) is 11.3 Å². The van der Waals surface area contributed by atoms with E-state index in [0.717, 1.165) is 36.2 Å². The zero-order valence-electron chi connectivity index (χ0n) is 12.9. The lowest BCUT2D eigenvalue weighted by Crippen LogP contribution is -2.53. The summed E-state index contributed by atoms with van der Waals surface area (Å²) in [5, 5.41) is 0.927. The Hall–Kier alpha value is -1.14. The number of hydrogen-bond acceptors (Lipinski definition) is 6. The molecular formula is C14H23N3O2S. The molecule has 112 valence electrons. The van der Waals surface area contributed by atoms with Crippen LogP contribution in [0.25, 0.3) is 0 Å². The monoisotopic (exact) mass is 297 g/mol. The summed E-state index contributed by atoms with van der Waals surface area (Å²) >= 11 is 1.57. The molecule has 0 spiro atoms. The highest BCUT2D eigenvalue weighted by molar-refractivity contribution is 7.15. The Kier molecular flexibility index (Phi) is 4.34. The first-order chi connectivity index (χ1) is 9.32. The van der Waals surface area contributed by atoms with Crippen molar-refractivity contribution in [2.75, 3.05) is 38.2 Å². The third-order valence-electron chi connectivity index (χ3n) is 3.66. The van der Waals surface area contributed by atoms with E-state index in [1.54, 1.807) is 11.3 Å². The van der Waals surface area contributed by atoms with Crippen molar-refractivity contribution in [1.29, 1.82) is 0 Å². The number of aryl methyl sites for hydroxylation is 1. The molecule has 1 fully saturated rings. The van der Waals surface area contributed by atoms with Gasteiger partial charge in [0.2, 0.25) is 0 Å². The van der Waals surface area contributed by atoms with Crippen LogP contribution in [0.2, 0.25) is 0 Å². The second-order valence-electron chi connectivity index (χ2n) is 6.04. The molecule has 1 saturated heterocycles. The van der Waals surface area contributed by atoms with E-state index >= 15 is 0 Å². The van der Waals surface area contributed by atoms with Crippen LogP contribution in [0.3, 0.4) is 0 Å². The normalized spacial score (nSPS) is 17.4. The Morgan fingerprint density at radius 2 is 1.85 bits per heavy atom. The fourth-order valence-corrected chi connectivity index (χ4v) is 3.32. The molecule has 5 nitrogen and oxygen atoms in total. The Morgan fingerprint density at radius 1 is 1.25 bits per heavy atom. The van der Waals surface area contributed by atoms with Crippen LogP contribution in [-0.4, -0.2) is 54.7 Å². The van der Waals surface area contributed by atoms with Crippen LogP contribution in [0.1, 0.15) is 36.1 Å². The molecule has 1 aliphatic heterocycles. The minimum Gasteiger partial charge on any atom is -0.464 e. The largest absolute Gasteiger partial charge is 0.464 e. The molecule has 1 aliphatic rings. The zero-order chi connectivity index (χ0) is 14.9. The molecule has 0 aromatic carbocycles. The standard InChI is InChI=1S/C14H23N3O2S/c1-10-11(12(18)19-5)15-13(20-10)16-6-8-17(9-7-16)14(2,3)4/h6-9H2,1-5H3. The Labute approximate surface area is 124 Å². The van der Waals surface area contributed by atoms with Crippen molar-refractivity contribution >= 4 is 22.4 Å². The summed E-state index contributed by atoms with van der Waals surface area (Å²) in [7, 11) is 1.39. The van der Waals surface area contributed by atoms with Gasteiger partial charge in [0, 0.05) is 36.6 Å². The van der Waals surface area contributed by atoms with Crippen molar-refractivity contribution in [1.82, 2.24) is 9.88 Å². The lowest BCUT2D eigenvalue weighted by Gasteiger charge is -2.42. The lowest BCUT2D eigenvalue weighted by atomic mass is 10.1. The molecule has 0 radical (unpaired) electrons. The van der Waals surface area contributed by atoms with Crippen LogP contribution in [0.15, 0.2) is 0 Å². The Bertz CT molecular complexity index is 485. The molecule has 0 amide bonds. The Morgan fingerprint density at radius 3 is 2.35 bits per heavy atom. The summed E-state index contributed by atoms with van der Waals surface area (Å²) in [6, 6.07) is 0. The molecular weight excluding hydrogens is 274 g/mol. The quantitative estimate of drug-likeness (QED) is 0.783. The number of aromatic nitrogens is 1. The minimum absolute atomic E-state index is 0.210. The van der Waals surface area contributed by atoms with Gasteiger partial charge in [0.05, 0.1) is 7.11 Å². The van der Waals surface area contributed by atoms with Crippen molar-refractivity contribution in [3.63, 3.8) is 0 Å². The van der Waals surface area contributed by atoms with Crippen LogP contribution in [0, 0.1) is 6.92 Å². The second-order valence-corrected chi connectivity index (χ2v) is 7.22.